The van der Waals surface area contributed by atoms with E-state index in [2.05, 4.69) is 11.2 Å². The van der Waals surface area contributed by atoms with E-state index in [0.29, 0.717) is 5.92 Å². The summed E-state index contributed by atoms with van der Waals surface area (Å²) >= 11 is 0. The molecule has 70 valence electrons. The lowest BCUT2D eigenvalue weighted by molar-refractivity contribution is 0.424. The molecule has 2 nitrogen and oxygen atoms in total. The molecule has 0 spiro atoms. The monoisotopic (exact) mass is 185 g/mol. The Morgan fingerprint density at radius 2 is 1.93 bits per heavy atom. The van der Waals surface area contributed by atoms with Gasteiger partial charge in [0.25, 0.3) is 0 Å². The molecule has 0 unspecified atom stereocenters. The molecule has 1 fully saturated rings. The Kier molecular flexibility index (Phi) is 1.66. The lowest BCUT2D eigenvalue weighted by Crippen LogP contribution is -1.74. The third kappa shape index (κ3) is 1.33. The van der Waals surface area contributed by atoms with Gasteiger partial charge in [0.1, 0.15) is 0 Å². The molecule has 0 atom stereocenters. The Balaban J connectivity index is 1.96. The van der Waals surface area contributed by atoms with Crippen molar-refractivity contribution in [3.8, 4) is 11.3 Å². The second kappa shape index (κ2) is 2.98. The van der Waals surface area contributed by atoms with Crippen molar-refractivity contribution < 1.29 is 4.52 Å². The van der Waals surface area contributed by atoms with Gasteiger partial charge in [-0.25, -0.2) is 0 Å². The lowest BCUT2D eigenvalue weighted by atomic mass is 10.1. The quantitative estimate of drug-likeness (QED) is 0.718. The largest absolute Gasteiger partial charge is 0.356 e. The third-order valence-electron chi connectivity index (χ3n) is 2.58. The molecular formula is C12H11NO. The topological polar surface area (TPSA) is 26.0 Å². The van der Waals surface area contributed by atoms with E-state index >= 15 is 0 Å². The maximum Gasteiger partial charge on any atom is 0.167 e. The van der Waals surface area contributed by atoms with Crippen LogP contribution in [0, 0.1) is 0 Å². The number of benzene rings is 1. The van der Waals surface area contributed by atoms with E-state index < -0.39 is 0 Å². The van der Waals surface area contributed by atoms with Gasteiger partial charge in [-0.15, -0.1) is 0 Å². The Morgan fingerprint density at radius 3 is 2.64 bits per heavy atom. The number of hydrogen-bond donors (Lipinski definition) is 0. The van der Waals surface area contributed by atoms with E-state index in [-0.39, 0.29) is 0 Å². The summed E-state index contributed by atoms with van der Waals surface area (Å²) in [6.45, 7) is 0. The second-order valence-corrected chi connectivity index (χ2v) is 3.76. The normalized spacial score (nSPS) is 15.7. The van der Waals surface area contributed by atoms with Crippen molar-refractivity contribution in [2.75, 3.05) is 0 Å². The van der Waals surface area contributed by atoms with Crippen LogP contribution in [0.25, 0.3) is 11.3 Å². The van der Waals surface area contributed by atoms with Gasteiger partial charge in [0.15, 0.2) is 5.76 Å². The smallest absolute Gasteiger partial charge is 0.167 e. The molecule has 0 aliphatic heterocycles. The molecule has 2 aromatic rings. The molecular weight excluding hydrogens is 174 g/mol. The molecule has 0 N–H and O–H groups in total. The minimum atomic E-state index is 0.663. The molecule has 1 aliphatic carbocycles. The van der Waals surface area contributed by atoms with E-state index in [0.717, 1.165) is 17.0 Å². The molecule has 0 saturated heterocycles. The van der Waals surface area contributed by atoms with Crippen molar-refractivity contribution in [2.24, 2.45) is 0 Å². The zero-order chi connectivity index (χ0) is 9.38. The Morgan fingerprint density at radius 1 is 1.14 bits per heavy atom. The first kappa shape index (κ1) is 7.80. The highest BCUT2D eigenvalue weighted by atomic mass is 16.5. The molecule has 1 aliphatic rings. The summed E-state index contributed by atoms with van der Waals surface area (Å²) in [5, 5.41) is 4.08. The first-order chi connectivity index (χ1) is 6.93. The van der Waals surface area contributed by atoms with Crippen LogP contribution in [0.2, 0.25) is 0 Å². The van der Waals surface area contributed by atoms with Gasteiger partial charge in [-0.1, -0.05) is 35.5 Å². The fourth-order valence-corrected chi connectivity index (χ4v) is 1.60. The summed E-state index contributed by atoms with van der Waals surface area (Å²) < 4.78 is 5.30. The number of nitrogens with zero attached hydrogens (tertiary/aromatic N) is 1. The summed E-state index contributed by atoms with van der Waals surface area (Å²) in [6, 6.07) is 12.2. The molecule has 14 heavy (non-hydrogen) atoms. The molecule has 1 saturated carbocycles. The predicted octanol–water partition coefficient (Wildman–Crippen LogP) is 3.22. The Hall–Kier alpha value is -1.57. The minimum absolute atomic E-state index is 0.663. The van der Waals surface area contributed by atoms with Crippen LogP contribution >= 0.6 is 0 Å². The fourth-order valence-electron chi connectivity index (χ4n) is 1.60. The number of aromatic nitrogens is 1. The van der Waals surface area contributed by atoms with Crippen LogP contribution in [0.5, 0.6) is 0 Å². The molecule has 1 heterocycles. The second-order valence-electron chi connectivity index (χ2n) is 3.76. The van der Waals surface area contributed by atoms with Crippen LogP contribution in [0.1, 0.15) is 24.5 Å². The lowest BCUT2D eigenvalue weighted by Gasteiger charge is -1.91. The zero-order valence-corrected chi connectivity index (χ0v) is 7.81. The minimum Gasteiger partial charge on any atom is -0.356 e. The number of rotatable bonds is 2. The van der Waals surface area contributed by atoms with Crippen LogP contribution < -0.4 is 0 Å². The average molecular weight is 185 g/mol. The molecule has 3 rings (SSSR count). The van der Waals surface area contributed by atoms with Crippen molar-refractivity contribution in [3.05, 3.63) is 42.1 Å². The maximum atomic E-state index is 5.30. The summed E-state index contributed by atoms with van der Waals surface area (Å²) in [4.78, 5) is 0. The van der Waals surface area contributed by atoms with E-state index in [1.54, 1.807) is 0 Å². The van der Waals surface area contributed by atoms with Gasteiger partial charge < -0.3 is 4.52 Å². The molecule has 0 bridgehead atoms. The molecule has 1 aromatic heterocycles. The SMILES string of the molecule is c1ccc(-c2cc(C3CC3)no2)cc1. The molecule has 0 amide bonds. The van der Waals surface area contributed by atoms with Gasteiger partial charge in [-0.2, -0.15) is 0 Å². The van der Waals surface area contributed by atoms with Crippen LogP contribution in [0.15, 0.2) is 40.9 Å². The summed E-state index contributed by atoms with van der Waals surface area (Å²) in [5.41, 5.74) is 2.22. The molecule has 2 heteroatoms. The van der Waals surface area contributed by atoms with Crippen molar-refractivity contribution in [3.63, 3.8) is 0 Å². The maximum absolute atomic E-state index is 5.30. The average Bonchev–Trinajstić information content (AvgIpc) is 2.98. The van der Waals surface area contributed by atoms with Gasteiger partial charge in [-0.3, -0.25) is 0 Å². The van der Waals surface area contributed by atoms with Gasteiger partial charge >= 0.3 is 0 Å². The van der Waals surface area contributed by atoms with Crippen molar-refractivity contribution in [1.29, 1.82) is 0 Å². The Bertz CT molecular complexity index is 429. The van der Waals surface area contributed by atoms with Crippen LogP contribution in [0.4, 0.5) is 0 Å². The van der Waals surface area contributed by atoms with E-state index in [4.69, 9.17) is 4.52 Å². The summed E-state index contributed by atoms with van der Waals surface area (Å²) in [7, 11) is 0. The highest BCUT2D eigenvalue weighted by Gasteiger charge is 2.27. The molecule has 1 aromatic carbocycles. The third-order valence-corrected chi connectivity index (χ3v) is 2.58. The van der Waals surface area contributed by atoms with E-state index in [1.807, 2.05) is 30.3 Å². The standard InChI is InChI=1S/C12H11NO/c1-2-4-10(5-3-1)12-8-11(13-14-12)9-6-7-9/h1-5,8-9H,6-7H2. The first-order valence-corrected chi connectivity index (χ1v) is 4.95. The summed E-state index contributed by atoms with van der Waals surface area (Å²) in [5.74, 6) is 1.55. The van der Waals surface area contributed by atoms with Crippen molar-refractivity contribution in [2.45, 2.75) is 18.8 Å². The van der Waals surface area contributed by atoms with Crippen LogP contribution in [0.3, 0.4) is 0 Å². The number of hydrogen-bond acceptors (Lipinski definition) is 2. The van der Waals surface area contributed by atoms with E-state index in [1.165, 1.54) is 12.8 Å². The van der Waals surface area contributed by atoms with Crippen LogP contribution in [-0.4, -0.2) is 5.16 Å². The summed E-state index contributed by atoms with van der Waals surface area (Å²) in [6.07, 6.45) is 2.53. The highest BCUT2D eigenvalue weighted by Crippen LogP contribution is 2.40. The fraction of sp³-hybridized carbons (Fsp3) is 0.250. The van der Waals surface area contributed by atoms with Gasteiger partial charge in [0.05, 0.1) is 5.69 Å². The van der Waals surface area contributed by atoms with Crippen molar-refractivity contribution in [1.82, 2.24) is 5.16 Å². The van der Waals surface area contributed by atoms with Gasteiger partial charge in [0.2, 0.25) is 0 Å². The van der Waals surface area contributed by atoms with E-state index in [9.17, 15) is 0 Å². The Labute approximate surface area is 82.5 Å². The highest BCUT2D eigenvalue weighted by molar-refractivity contribution is 5.57. The van der Waals surface area contributed by atoms with Crippen molar-refractivity contribution >= 4 is 0 Å². The van der Waals surface area contributed by atoms with Gasteiger partial charge in [-0.05, 0) is 12.8 Å². The van der Waals surface area contributed by atoms with Gasteiger partial charge in [0, 0.05) is 17.5 Å². The first-order valence-electron chi connectivity index (χ1n) is 4.95. The van der Waals surface area contributed by atoms with Crippen LogP contribution in [-0.2, 0) is 0 Å². The zero-order valence-electron chi connectivity index (χ0n) is 7.81. The predicted molar refractivity (Wildman–Crippen MR) is 53.9 cm³/mol. The molecule has 0 radical (unpaired) electrons.